The van der Waals surface area contributed by atoms with E-state index in [2.05, 4.69) is 13.8 Å². The maximum absolute atomic E-state index is 12.3. The molecule has 0 unspecified atom stereocenters. The van der Waals surface area contributed by atoms with E-state index in [0.29, 0.717) is 24.1 Å². The average Bonchev–Trinajstić information content (AvgIpc) is 2.75. The lowest BCUT2D eigenvalue weighted by Crippen LogP contribution is -2.43. The van der Waals surface area contributed by atoms with Crippen LogP contribution in [-0.4, -0.2) is 39.5 Å². The van der Waals surface area contributed by atoms with Crippen LogP contribution < -0.4 is 4.87 Å². The largest absolute Gasteiger partial charge is 0.341 e. The maximum atomic E-state index is 12.3. The minimum Gasteiger partial charge on any atom is -0.341 e. The van der Waals surface area contributed by atoms with Gasteiger partial charge in [0.15, 0.2) is 0 Å². The molecule has 2 rings (SSSR count). The van der Waals surface area contributed by atoms with Gasteiger partial charge in [0.25, 0.3) is 0 Å². The minimum atomic E-state index is 0.0320. The highest BCUT2D eigenvalue weighted by atomic mass is 32.2. The fourth-order valence-electron chi connectivity index (χ4n) is 2.35. The van der Waals surface area contributed by atoms with Crippen molar-refractivity contribution in [1.29, 1.82) is 0 Å². The van der Waals surface area contributed by atoms with Crippen molar-refractivity contribution in [2.75, 3.05) is 18.8 Å². The van der Waals surface area contributed by atoms with Crippen LogP contribution in [0.2, 0.25) is 0 Å². The van der Waals surface area contributed by atoms with Crippen molar-refractivity contribution < 1.29 is 4.79 Å². The van der Waals surface area contributed by atoms with Gasteiger partial charge in [0.05, 0.1) is 0 Å². The second kappa shape index (κ2) is 6.80. The van der Waals surface area contributed by atoms with Gasteiger partial charge in [0.2, 0.25) is 5.91 Å². The molecule has 1 aromatic rings. The van der Waals surface area contributed by atoms with Crippen LogP contribution in [0.1, 0.15) is 26.0 Å². The van der Waals surface area contributed by atoms with Crippen LogP contribution in [-0.2, 0) is 11.3 Å². The first kappa shape index (κ1) is 15.6. The SMILES string of the molecule is Cc1csc(=O)n1CCC(=O)N1CCS[C@@H](C(C)C)C1. The highest BCUT2D eigenvalue weighted by Gasteiger charge is 2.25. The van der Waals surface area contributed by atoms with Crippen molar-refractivity contribution in [3.8, 4) is 0 Å². The van der Waals surface area contributed by atoms with Crippen LogP contribution in [0.15, 0.2) is 10.2 Å². The molecular weight excluding hydrogens is 292 g/mol. The molecule has 1 amide bonds. The first-order valence-corrected chi connectivity index (χ1v) is 8.96. The molecular formula is C14H22N2O2S2. The van der Waals surface area contributed by atoms with Gasteiger partial charge >= 0.3 is 4.87 Å². The van der Waals surface area contributed by atoms with E-state index in [1.165, 1.54) is 11.3 Å². The normalized spacial score (nSPS) is 19.6. The number of thiazole rings is 1. The monoisotopic (exact) mass is 314 g/mol. The van der Waals surface area contributed by atoms with Crippen LogP contribution >= 0.6 is 23.1 Å². The van der Waals surface area contributed by atoms with Crippen molar-refractivity contribution in [3.63, 3.8) is 0 Å². The number of thioether (sulfide) groups is 1. The number of amides is 1. The number of hydrogen-bond acceptors (Lipinski definition) is 4. The smallest absolute Gasteiger partial charge is 0.307 e. The highest BCUT2D eigenvalue weighted by Crippen LogP contribution is 2.25. The summed E-state index contributed by atoms with van der Waals surface area (Å²) < 4.78 is 1.70. The summed E-state index contributed by atoms with van der Waals surface area (Å²) in [5.41, 5.74) is 0.946. The Balaban J connectivity index is 1.90. The Bertz CT molecular complexity index is 521. The molecule has 20 heavy (non-hydrogen) atoms. The van der Waals surface area contributed by atoms with Gasteiger partial charge in [0.1, 0.15) is 0 Å². The summed E-state index contributed by atoms with van der Waals surface area (Å²) in [7, 11) is 0. The van der Waals surface area contributed by atoms with E-state index in [1.807, 2.05) is 29.0 Å². The minimum absolute atomic E-state index is 0.0320. The molecule has 1 atom stereocenters. The zero-order valence-corrected chi connectivity index (χ0v) is 13.9. The zero-order chi connectivity index (χ0) is 14.7. The fourth-order valence-corrected chi connectivity index (χ4v) is 4.41. The van der Waals surface area contributed by atoms with E-state index in [9.17, 15) is 9.59 Å². The van der Waals surface area contributed by atoms with Crippen LogP contribution in [0.25, 0.3) is 0 Å². The van der Waals surface area contributed by atoms with Crippen molar-refractivity contribution in [2.24, 2.45) is 5.92 Å². The van der Waals surface area contributed by atoms with E-state index in [-0.39, 0.29) is 10.8 Å². The number of carbonyl (C=O) groups excluding carboxylic acids is 1. The van der Waals surface area contributed by atoms with Gasteiger partial charge in [0, 0.05) is 48.1 Å². The molecule has 0 radical (unpaired) electrons. The Morgan fingerprint density at radius 3 is 2.85 bits per heavy atom. The number of hydrogen-bond donors (Lipinski definition) is 0. The Kier molecular flexibility index (Phi) is 5.32. The third-order valence-electron chi connectivity index (χ3n) is 3.72. The topological polar surface area (TPSA) is 42.3 Å². The molecule has 0 aliphatic carbocycles. The molecule has 112 valence electrons. The lowest BCUT2D eigenvalue weighted by molar-refractivity contribution is -0.131. The number of rotatable bonds is 4. The Hall–Kier alpha value is -0.750. The van der Waals surface area contributed by atoms with Crippen molar-refractivity contribution in [2.45, 2.75) is 39.0 Å². The summed E-state index contributed by atoms with van der Waals surface area (Å²) in [6.07, 6.45) is 0.424. The number of carbonyl (C=O) groups is 1. The first-order valence-electron chi connectivity index (χ1n) is 7.03. The lowest BCUT2D eigenvalue weighted by Gasteiger charge is -2.34. The molecule has 0 aromatic carbocycles. The fraction of sp³-hybridized carbons (Fsp3) is 0.714. The van der Waals surface area contributed by atoms with Gasteiger partial charge in [-0.1, -0.05) is 25.2 Å². The van der Waals surface area contributed by atoms with E-state index < -0.39 is 0 Å². The standard InChI is InChI=1S/C14H22N2O2S2/c1-10(2)12-8-15(6-7-19-12)13(17)4-5-16-11(3)9-20-14(16)18/h9-10,12H,4-8H2,1-3H3/t12-/m1/s1. The molecule has 1 aliphatic heterocycles. The average molecular weight is 314 g/mol. The Morgan fingerprint density at radius 1 is 1.50 bits per heavy atom. The first-order chi connectivity index (χ1) is 9.49. The van der Waals surface area contributed by atoms with E-state index in [4.69, 9.17) is 0 Å². The predicted molar refractivity (Wildman–Crippen MR) is 85.6 cm³/mol. The quantitative estimate of drug-likeness (QED) is 0.856. The molecule has 4 nitrogen and oxygen atoms in total. The van der Waals surface area contributed by atoms with Gasteiger partial charge in [-0.3, -0.25) is 9.59 Å². The molecule has 0 bridgehead atoms. The van der Waals surface area contributed by atoms with Gasteiger partial charge in [-0.05, 0) is 12.8 Å². The van der Waals surface area contributed by atoms with Crippen LogP contribution in [0.3, 0.4) is 0 Å². The molecule has 0 spiro atoms. The summed E-state index contributed by atoms with van der Waals surface area (Å²) in [4.78, 5) is 25.9. The van der Waals surface area contributed by atoms with Gasteiger partial charge < -0.3 is 9.47 Å². The highest BCUT2D eigenvalue weighted by molar-refractivity contribution is 8.00. The van der Waals surface area contributed by atoms with Gasteiger partial charge in [-0.15, -0.1) is 0 Å². The molecule has 1 fully saturated rings. The molecule has 1 aromatic heterocycles. The molecule has 1 saturated heterocycles. The van der Waals surface area contributed by atoms with Crippen LogP contribution in [0.4, 0.5) is 0 Å². The molecule has 0 N–H and O–H groups in total. The molecule has 0 saturated carbocycles. The van der Waals surface area contributed by atoms with E-state index in [0.717, 1.165) is 24.5 Å². The van der Waals surface area contributed by atoms with E-state index >= 15 is 0 Å². The third kappa shape index (κ3) is 3.67. The number of nitrogens with zero attached hydrogens (tertiary/aromatic N) is 2. The maximum Gasteiger partial charge on any atom is 0.307 e. The summed E-state index contributed by atoms with van der Waals surface area (Å²) in [6.45, 7) is 8.51. The van der Waals surface area contributed by atoms with Crippen molar-refractivity contribution >= 4 is 29.0 Å². The lowest BCUT2D eigenvalue weighted by atomic mass is 10.1. The molecule has 2 heterocycles. The Labute approximate surface area is 128 Å². The van der Waals surface area contributed by atoms with E-state index in [1.54, 1.807) is 4.57 Å². The summed E-state index contributed by atoms with van der Waals surface area (Å²) in [5, 5.41) is 2.39. The van der Waals surface area contributed by atoms with Crippen molar-refractivity contribution in [3.05, 3.63) is 20.7 Å². The van der Waals surface area contributed by atoms with Gasteiger partial charge in [-0.2, -0.15) is 11.8 Å². The predicted octanol–water partition coefficient (Wildman–Crippen LogP) is 2.21. The second-order valence-corrected chi connectivity index (χ2v) is 7.71. The third-order valence-corrected chi connectivity index (χ3v) is 6.14. The van der Waals surface area contributed by atoms with Crippen molar-refractivity contribution in [1.82, 2.24) is 9.47 Å². The Morgan fingerprint density at radius 2 is 2.25 bits per heavy atom. The summed E-state index contributed by atoms with van der Waals surface area (Å²) in [6, 6.07) is 0. The molecule has 6 heteroatoms. The summed E-state index contributed by atoms with van der Waals surface area (Å²) >= 11 is 3.17. The van der Waals surface area contributed by atoms with Crippen LogP contribution in [0, 0.1) is 12.8 Å². The zero-order valence-electron chi connectivity index (χ0n) is 12.3. The second-order valence-electron chi connectivity index (χ2n) is 5.54. The van der Waals surface area contributed by atoms with Gasteiger partial charge in [-0.25, -0.2) is 0 Å². The summed E-state index contributed by atoms with van der Waals surface area (Å²) in [5.74, 6) is 1.79. The van der Waals surface area contributed by atoms with Crippen LogP contribution in [0.5, 0.6) is 0 Å². The molecule has 1 aliphatic rings. The number of aromatic nitrogens is 1. The number of aryl methyl sites for hydroxylation is 1.